The molecule has 1 aliphatic heterocycles. The number of imidazole rings is 1. The van der Waals surface area contributed by atoms with Gasteiger partial charge < -0.3 is 16.0 Å². The van der Waals surface area contributed by atoms with E-state index in [2.05, 4.69) is 33.2 Å². The van der Waals surface area contributed by atoms with Crippen molar-refractivity contribution in [2.45, 2.75) is 38.5 Å². The van der Waals surface area contributed by atoms with Crippen LogP contribution in [0, 0.1) is 12.8 Å². The summed E-state index contributed by atoms with van der Waals surface area (Å²) in [6.45, 7) is 5.24. The third kappa shape index (κ3) is 4.01. The quantitative estimate of drug-likeness (QED) is 0.533. The Balaban J connectivity index is 1.52. The maximum absolute atomic E-state index is 11.9. The molecule has 2 aromatic heterocycles. The maximum Gasteiger partial charge on any atom is 0.248 e. The molecule has 0 spiro atoms. The van der Waals surface area contributed by atoms with E-state index in [1.165, 1.54) is 18.4 Å². The lowest BCUT2D eigenvalue weighted by molar-refractivity contribution is 0.0999. The van der Waals surface area contributed by atoms with Crippen LogP contribution in [0.1, 0.15) is 53.1 Å². The zero-order chi connectivity index (χ0) is 22.4. The highest BCUT2D eigenvalue weighted by molar-refractivity contribution is 9.10. The Hall–Kier alpha value is -2.45. The largest absolute Gasteiger partial charge is 0.382 e. The molecule has 1 saturated carbocycles. The van der Waals surface area contributed by atoms with Crippen LogP contribution in [0.2, 0.25) is 0 Å². The van der Waals surface area contributed by atoms with Crippen LogP contribution < -0.4 is 11.1 Å². The molecular formula is C24H29BrN6O. The van der Waals surface area contributed by atoms with Gasteiger partial charge in [0.1, 0.15) is 4.60 Å². The summed E-state index contributed by atoms with van der Waals surface area (Å²) in [6, 6.07) is 5.83. The van der Waals surface area contributed by atoms with Gasteiger partial charge in [-0.05, 0) is 104 Å². The monoisotopic (exact) mass is 496 g/mol. The van der Waals surface area contributed by atoms with Crippen LogP contribution in [0.25, 0.3) is 16.9 Å². The van der Waals surface area contributed by atoms with E-state index in [0.29, 0.717) is 17.4 Å². The van der Waals surface area contributed by atoms with Gasteiger partial charge in [0.05, 0.1) is 17.6 Å². The highest BCUT2D eigenvalue weighted by Crippen LogP contribution is 2.47. The number of primary amides is 1. The Morgan fingerprint density at radius 3 is 2.69 bits per heavy atom. The van der Waals surface area contributed by atoms with Gasteiger partial charge in [0.25, 0.3) is 0 Å². The molecule has 0 radical (unpaired) electrons. The number of likely N-dealkylation sites (tertiary alicyclic amines) is 1. The lowest BCUT2D eigenvalue weighted by Crippen LogP contribution is -2.33. The normalized spacial score (nSPS) is 17.7. The summed E-state index contributed by atoms with van der Waals surface area (Å²) in [4.78, 5) is 19.0. The molecule has 168 valence electrons. The number of benzene rings is 1. The maximum atomic E-state index is 11.9. The van der Waals surface area contributed by atoms with Gasteiger partial charge in [-0.25, -0.2) is 9.50 Å². The lowest BCUT2D eigenvalue weighted by Gasteiger charge is -2.29. The molecule has 5 rings (SSSR count). The smallest absolute Gasteiger partial charge is 0.248 e. The molecule has 3 N–H and O–H groups in total. The van der Waals surface area contributed by atoms with Crippen LogP contribution in [0.5, 0.6) is 0 Å². The summed E-state index contributed by atoms with van der Waals surface area (Å²) in [5.74, 6) is 0.748. The van der Waals surface area contributed by atoms with E-state index in [1.807, 2.05) is 35.8 Å². The molecule has 0 atom stereocenters. The van der Waals surface area contributed by atoms with Crippen molar-refractivity contribution in [3.05, 3.63) is 45.7 Å². The minimum atomic E-state index is -0.379. The van der Waals surface area contributed by atoms with Crippen molar-refractivity contribution in [3.63, 3.8) is 0 Å². The standard InChI is InChI=1S/C24H29BrN6O/c1-14-17(23(26)32)5-6-18(22(14)16-3-4-16)20-13-28-24-19(11-21(25)29-31(20)24)27-12-15-7-9-30(2)10-8-15/h5-6,11,13,15-16,27H,3-4,7-10,12H2,1-2H3,(H2,26,32). The molecule has 0 unspecified atom stereocenters. The fourth-order valence-corrected chi connectivity index (χ4v) is 5.28. The average Bonchev–Trinajstić information content (AvgIpc) is 3.51. The van der Waals surface area contributed by atoms with Crippen LogP contribution in [0.15, 0.2) is 29.0 Å². The third-order valence-corrected chi connectivity index (χ3v) is 7.29. The number of halogens is 1. The third-order valence-electron chi connectivity index (χ3n) is 6.90. The number of carbonyl (C=O) groups excluding carboxylic acids is 1. The SMILES string of the molecule is Cc1c(C(N)=O)ccc(-c2cnc3c(NCC4CCN(C)CC4)cc(Br)nn23)c1C1CC1. The number of hydrogen-bond acceptors (Lipinski definition) is 5. The summed E-state index contributed by atoms with van der Waals surface area (Å²) in [6.07, 6.45) is 6.57. The molecule has 1 saturated heterocycles. The van der Waals surface area contributed by atoms with E-state index in [0.717, 1.165) is 65.2 Å². The van der Waals surface area contributed by atoms with Gasteiger partial charge in [-0.2, -0.15) is 5.10 Å². The number of rotatable bonds is 6. The number of hydrogen-bond donors (Lipinski definition) is 2. The van der Waals surface area contributed by atoms with Gasteiger partial charge in [0.2, 0.25) is 5.91 Å². The molecule has 3 aromatic rings. The lowest BCUT2D eigenvalue weighted by atomic mass is 9.92. The molecule has 7 nitrogen and oxygen atoms in total. The van der Waals surface area contributed by atoms with Crippen molar-refractivity contribution in [3.8, 4) is 11.3 Å². The van der Waals surface area contributed by atoms with Crippen LogP contribution in [0.4, 0.5) is 5.69 Å². The van der Waals surface area contributed by atoms with Gasteiger partial charge in [0, 0.05) is 17.7 Å². The van der Waals surface area contributed by atoms with Gasteiger partial charge >= 0.3 is 0 Å². The second kappa shape index (κ2) is 8.48. The van der Waals surface area contributed by atoms with E-state index in [9.17, 15) is 4.79 Å². The van der Waals surface area contributed by atoms with Crippen molar-refractivity contribution < 1.29 is 4.79 Å². The molecular weight excluding hydrogens is 468 g/mol. The van der Waals surface area contributed by atoms with Gasteiger partial charge in [-0.3, -0.25) is 4.79 Å². The zero-order valence-electron chi connectivity index (χ0n) is 18.6. The van der Waals surface area contributed by atoms with E-state index < -0.39 is 0 Å². The number of nitrogens with one attached hydrogen (secondary N) is 1. The van der Waals surface area contributed by atoms with Gasteiger partial charge in [-0.15, -0.1) is 0 Å². The molecule has 3 heterocycles. The van der Waals surface area contributed by atoms with Crippen molar-refractivity contribution >= 4 is 33.2 Å². The number of anilines is 1. The molecule has 2 aliphatic rings. The van der Waals surface area contributed by atoms with E-state index in [-0.39, 0.29) is 5.91 Å². The average molecular weight is 497 g/mol. The molecule has 2 fully saturated rings. The van der Waals surface area contributed by atoms with Crippen molar-refractivity contribution in [2.75, 3.05) is 32.0 Å². The molecule has 1 aromatic carbocycles. The minimum absolute atomic E-state index is 0.379. The van der Waals surface area contributed by atoms with E-state index >= 15 is 0 Å². The summed E-state index contributed by atoms with van der Waals surface area (Å²) >= 11 is 3.59. The van der Waals surface area contributed by atoms with Gasteiger partial charge in [0.15, 0.2) is 5.65 Å². The Bertz CT molecular complexity index is 1180. The van der Waals surface area contributed by atoms with Gasteiger partial charge in [-0.1, -0.05) is 6.07 Å². The first kappa shape index (κ1) is 21.4. The minimum Gasteiger partial charge on any atom is -0.382 e. The van der Waals surface area contributed by atoms with Crippen molar-refractivity contribution in [1.29, 1.82) is 0 Å². The van der Waals surface area contributed by atoms with Crippen molar-refractivity contribution in [1.82, 2.24) is 19.5 Å². The Morgan fingerprint density at radius 1 is 1.25 bits per heavy atom. The number of nitrogens with zero attached hydrogens (tertiary/aromatic N) is 4. The first-order chi connectivity index (χ1) is 15.4. The summed E-state index contributed by atoms with van der Waals surface area (Å²) in [5.41, 5.74) is 12.2. The number of aromatic nitrogens is 3. The number of piperidine rings is 1. The Morgan fingerprint density at radius 2 is 2.00 bits per heavy atom. The van der Waals surface area contributed by atoms with Crippen LogP contribution in [-0.4, -0.2) is 52.1 Å². The molecule has 1 amide bonds. The predicted molar refractivity (Wildman–Crippen MR) is 130 cm³/mol. The topological polar surface area (TPSA) is 88.5 Å². The zero-order valence-corrected chi connectivity index (χ0v) is 20.2. The number of amides is 1. The first-order valence-electron chi connectivity index (χ1n) is 11.3. The summed E-state index contributed by atoms with van der Waals surface area (Å²) in [7, 11) is 2.19. The van der Waals surface area contributed by atoms with Crippen LogP contribution in [-0.2, 0) is 0 Å². The van der Waals surface area contributed by atoms with Crippen LogP contribution >= 0.6 is 15.9 Å². The summed E-state index contributed by atoms with van der Waals surface area (Å²) < 4.78 is 2.67. The Kier molecular flexibility index (Phi) is 5.67. The second-order valence-corrected chi connectivity index (χ2v) is 10.0. The number of fused-ring (bicyclic) bond motifs is 1. The molecule has 8 heteroatoms. The molecule has 0 bridgehead atoms. The Labute approximate surface area is 196 Å². The number of carbonyl (C=O) groups is 1. The number of nitrogens with two attached hydrogens (primary N) is 1. The second-order valence-electron chi connectivity index (χ2n) is 9.23. The predicted octanol–water partition coefficient (Wildman–Crippen LogP) is 4.20. The van der Waals surface area contributed by atoms with E-state index in [1.54, 1.807) is 0 Å². The fourth-order valence-electron chi connectivity index (χ4n) is 4.89. The fraction of sp³-hybridized carbons (Fsp3) is 0.458. The van der Waals surface area contributed by atoms with Crippen molar-refractivity contribution in [2.24, 2.45) is 11.7 Å². The summed E-state index contributed by atoms with van der Waals surface area (Å²) in [5, 5.41) is 8.35. The first-order valence-corrected chi connectivity index (χ1v) is 12.1. The highest BCUT2D eigenvalue weighted by atomic mass is 79.9. The molecule has 32 heavy (non-hydrogen) atoms. The van der Waals surface area contributed by atoms with Crippen LogP contribution in [0.3, 0.4) is 0 Å². The molecule has 1 aliphatic carbocycles. The highest BCUT2D eigenvalue weighted by Gasteiger charge is 2.31. The van der Waals surface area contributed by atoms with E-state index in [4.69, 9.17) is 15.8 Å².